The van der Waals surface area contributed by atoms with E-state index in [1.165, 1.54) is 0 Å². The van der Waals surface area contributed by atoms with Crippen molar-refractivity contribution >= 4 is 11.6 Å². The second-order valence-corrected chi connectivity index (χ2v) is 2.63. The third-order valence-electron chi connectivity index (χ3n) is 1.41. The molecule has 1 rings (SSSR count). The summed E-state index contributed by atoms with van der Waals surface area (Å²) in [4.78, 5) is 10.1. The molecular formula is C8H5ClN2O. The monoisotopic (exact) mass is 180 g/mol. The Labute approximate surface area is 74.6 Å². The molecule has 0 heterocycles. The summed E-state index contributed by atoms with van der Waals surface area (Å²) in [5.74, 6) is 0. The summed E-state index contributed by atoms with van der Waals surface area (Å²) in [6.45, 7) is 0. The Bertz CT molecular complexity index is 315. The highest BCUT2D eigenvalue weighted by Crippen LogP contribution is 2.18. The van der Waals surface area contributed by atoms with Crippen LogP contribution in [0.5, 0.6) is 0 Å². The van der Waals surface area contributed by atoms with Gasteiger partial charge in [0.15, 0.2) is 0 Å². The van der Waals surface area contributed by atoms with E-state index in [2.05, 4.69) is 5.18 Å². The first-order valence-corrected chi connectivity index (χ1v) is 3.63. The summed E-state index contributed by atoms with van der Waals surface area (Å²) in [7, 11) is 0. The van der Waals surface area contributed by atoms with Gasteiger partial charge in [0.1, 0.15) is 0 Å². The first-order chi connectivity index (χ1) is 5.77. The van der Waals surface area contributed by atoms with Crippen LogP contribution in [0.2, 0.25) is 5.02 Å². The third-order valence-corrected chi connectivity index (χ3v) is 1.67. The molecule has 1 unspecified atom stereocenters. The molecule has 0 aromatic heterocycles. The molecule has 12 heavy (non-hydrogen) atoms. The number of nitroso groups, excluding NO2 is 1. The van der Waals surface area contributed by atoms with Crippen molar-refractivity contribution in [2.75, 3.05) is 0 Å². The molecule has 0 aliphatic heterocycles. The largest absolute Gasteiger partial charge is 0.203 e. The van der Waals surface area contributed by atoms with Crippen LogP contribution >= 0.6 is 11.6 Å². The molecule has 0 aliphatic carbocycles. The molecule has 0 saturated carbocycles. The molecule has 0 N–H and O–H groups in total. The molecule has 1 atom stereocenters. The van der Waals surface area contributed by atoms with Crippen LogP contribution in [0.3, 0.4) is 0 Å². The fraction of sp³-hybridized carbons (Fsp3) is 0.125. The molecule has 1 aromatic rings. The number of hydrogen-bond donors (Lipinski definition) is 0. The summed E-state index contributed by atoms with van der Waals surface area (Å²) < 4.78 is 0. The van der Waals surface area contributed by atoms with E-state index in [9.17, 15) is 4.91 Å². The summed E-state index contributed by atoms with van der Waals surface area (Å²) in [6, 6.07) is 7.29. The minimum absolute atomic E-state index is 0.567. The van der Waals surface area contributed by atoms with Gasteiger partial charge in [-0.3, -0.25) is 0 Å². The van der Waals surface area contributed by atoms with Gasteiger partial charge in [0.05, 0.1) is 6.07 Å². The van der Waals surface area contributed by atoms with Crippen molar-refractivity contribution in [3.63, 3.8) is 0 Å². The summed E-state index contributed by atoms with van der Waals surface area (Å²) in [5.41, 5.74) is 0.567. The van der Waals surface area contributed by atoms with Crippen molar-refractivity contribution in [2.24, 2.45) is 5.18 Å². The predicted molar refractivity (Wildman–Crippen MR) is 45.6 cm³/mol. The van der Waals surface area contributed by atoms with E-state index in [4.69, 9.17) is 16.9 Å². The van der Waals surface area contributed by atoms with E-state index in [1.54, 1.807) is 30.3 Å². The van der Waals surface area contributed by atoms with Gasteiger partial charge in [-0.15, -0.1) is 4.91 Å². The van der Waals surface area contributed by atoms with E-state index in [-0.39, 0.29) is 0 Å². The molecule has 3 nitrogen and oxygen atoms in total. The second kappa shape index (κ2) is 3.84. The zero-order valence-corrected chi connectivity index (χ0v) is 6.82. The molecule has 0 fully saturated rings. The van der Waals surface area contributed by atoms with Crippen LogP contribution in [-0.4, -0.2) is 0 Å². The summed E-state index contributed by atoms with van der Waals surface area (Å²) >= 11 is 5.61. The smallest absolute Gasteiger partial charge is 0.195 e. The van der Waals surface area contributed by atoms with Gasteiger partial charge in [0, 0.05) is 5.02 Å². The summed E-state index contributed by atoms with van der Waals surface area (Å²) in [6.07, 6.45) is 0. The maximum absolute atomic E-state index is 10.1. The first kappa shape index (κ1) is 8.69. The number of nitrogens with zero attached hydrogens (tertiary/aromatic N) is 2. The molecule has 60 valence electrons. The molecule has 0 radical (unpaired) electrons. The Morgan fingerprint density at radius 1 is 1.42 bits per heavy atom. The van der Waals surface area contributed by atoms with Crippen LogP contribution in [0.1, 0.15) is 11.6 Å². The van der Waals surface area contributed by atoms with Crippen LogP contribution in [0.15, 0.2) is 29.4 Å². The fourth-order valence-corrected chi connectivity index (χ4v) is 0.930. The highest BCUT2D eigenvalue weighted by molar-refractivity contribution is 6.30. The Balaban J connectivity index is 2.97. The molecule has 0 spiro atoms. The van der Waals surface area contributed by atoms with Crippen molar-refractivity contribution in [2.45, 2.75) is 6.04 Å². The molecule has 0 aliphatic rings. The highest BCUT2D eigenvalue weighted by Gasteiger charge is 2.08. The van der Waals surface area contributed by atoms with E-state index in [1.807, 2.05) is 0 Å². The van der Waals surface area contributed by atoms with Crippen molar-refractivity contribution < 1.29 is 0 Å². The number of benzene rings is 1. The molecule has 1 aromatic carbocycles. The van der Waals surface area contributed by atoms with Crippen LogP contribution in [-0.2, 0) is 0 Å². The second-order valence-electron chi connectivity index (χ2n) is 2.19. The van der Waals surface area contributed by atoms with Crippen LogP contribution in [0.25, 0.3) is 0 Å². The van der Waals surface area contributed by atoms with Crippen molar-refractivity contribution in [1.29, 1.82) is 5.26 Å². The Kier molecular flexibility index (Phi) is 2.78. The van der Waals surface area contributed by atoms with E-state index < -0.39 is 6.04 Å². The standard InChI is InChI=1S/C8H5ClN2O/c9-7-3-1-6(2-4-7)8(5-10)11-12/h1-4,8H. The van der Waals surface area contributed by atoms with Gasteiger partial charge in [-0.1, -0.05) is 23.7 Å². The predicted octanol–water partition coefficient (Wildman–Crippen LogP) is 2.67. The lowest BCUT2D eigenvalue weighted by molar-refractivity contribution is 0.916. The van der Waals surface area contributed by atoms with Gasteiger partial charge in [-0.25, -0.2) is 0 Å². The third kappa shape index (κ3) is 1.80. The molecular weight excluding hydrogens is 176 g/mol. The zero-order valence-electron chi connectivity index (χ0n) is 6.07. The number of nitriles is 1. The Morgan fingerprint density at radius 2 is 2.00 bits per heavy atom. The van der Waals surface area contributed by atoms with Crippen LogP contribution in [0.4, 0.5) is 0 Å². The first-order valence-electron chi connectivity index (χ1n) is 3.25. The van der Waals surface area contributed by atoms with Gasteiger partial charge < -0.3 is 0 Å². The van der Waals surface area contributed by atoms with Gasteiger partial charge in [-0.2, -0.15) is 5.26 Å². The molecule has 0 amide bonds. The van der Waals surface area contributed by atoms with Crippen molar-refractivity contribution in [3.8, 4) is 6.07 Å². The van der Waals surface area contributed by atoms with Gasteiger partial charge in [0.25, 0.3) is 0 Å². The highest BCUT2D eigenvalue weighted by atomic mass is 35.5. The molecule has 4 heteroatoms. The lowest BCUT2D eigenvalue weighted by Gasteiger charge is -1.98. The van der Waals surface area contributed by atoms with Crippen molar-refractivity contribution in [3.05, 3.63) is 39.8 Å². The fourth-order valence-electron chi connectivity index (χ4n) is 0.804. The van der Waals surface area contributed by atoms with E-state index in [0.29, 0.717) is 10.6 Å². The minimum Gasteiger partial charge on any atom is -0.195 e. The van der Waals surface area contributed by atoms with E-state index in [0.717, 1.165) is 0 Å². The normalized spacial score (nSPS) is 11.7. The number of halogens is 1. The summed E-state index contributed by atoms with van der Waals surface area (Å²) in [5, 5.41) is 11.7. The number of hydrogen-bond acceptors (Lipinski definition) is 3. The van der Waals surface area contributed by atoms with Crippen molar-refractivity contribution in [1.82, 2.24) is 0 Å². The average molecular weight is 181 g/mol. The lowest BCUT2D eigenvalue weighted by Crippen LogP contribution is -1.89. The Hall–Kier alpha value is -1.40. The average Bonchev–Trinajstić information content (AvgIpc) is 2.10. The van der Waals surface area contributed by atoms with Gasteiger partial charge in [0.2, 0.25) is 6.04 Å². The quantitative estimate of drug-likeness (QED) is 0.657. The lowest BCUT2D eigenvalue weighted by atomic mass is 10.1. The maximum atomic E-state index is 10.1. The zero-order chi connectivity index (χ0) is 8.97. The van der Waals surface area contributed by atoms with E-state index >= 15 is 0 Å². The molecule has 0 saturated heterocycles. The SMILES string of the molecule is N#CC(N=O)c1ccc(Cl)cc1. The molecule has 0 bridgehead atoms. The van der Waals surface area contributed by atoms with Crippen LogP contribution in [0, 0.1) is 16.2 Å². The number of rotatable bonds is 2. The Morgan fingerprint density at radius 3 is 2.42 bits per heavy atom. The minimum atomic E-state index is -0.928. The van der Waals surface area contributed by atoms with Gasteiger partial charge in [-0.05, 0) is 22.9 Å². The van der Waals surface area contributed by atoms with Crippen LogP contribution < -0.4 is 0 Å². The maximum Gasteiger partial charge on any atom is 0.203 e. The van der Waals surface area contributed by atoms with Gasteiger partial charge >= 0.3 is 0 Å². The topological polar surface area (TPSA) is 53.2 Å².